The lowest BCUT2D eigenvalue weighted by molar-refractivity contribution is 0.0963. The van der Waals surface area contributed by atoms with E-state index in [2.05, 4.69) is 32.9 Å². The maximum absolute atomic E-state index is 11.6. The number of carbonyl (C=O) groups excluding carboxylic acids is 1. The van der Waals surface area contributed by atoms with Crippen molar-refractivity contribution in [3.05, 3.63) is 35.6 Å². The van der Waals surface area contributed by atoms with Crippen molar-refractivity contribution in [2.24, 2.45) is 0 Å². The second-order valence-electron chi connectivity index (χ2n) is 5.39. The zero-order chi connectivity index (χ0) is 12.6. The molecule has 0 saturated heterocycles. The van der Waals surface area contributed by atoms with Gasteiger partial charge in [-0.05, 0) is 29.2 Å². The molecule has 2 nitrogen and oxygen atoms in total. The number of hydrogen-bond acceptors (Lipinski definition) is 2. The van der Waals surface area contributed by atoms with Gasteiger partial charge in [0.15, 0.2) is 11.5 Å². The first-order valence-corrected chi connectivity index (χ1v) is 5.99. The van der Waals surface area contributed by atoms with E-state index in [0.29, 0.717) is 12.2 Å². The minimum Gasteiger partial charge on any atom is -0.453 e. The van der Waals surface area contributed by atoms with Crippen molar-refractivity contribution in [1.29, 1.82) is 0 Å². The molecule has 0 radical (unpaired) electrons. The topological polar surface area (TPSA) is 30.2 Å². The van der Waals surface area contributed by atoms with Gasteiger partial charge in [-0.15, -0.1) is 0 Å². The van der Waals surface area contributed by atoms with Crippen LogP contribution in [-0.4, -0.2) is 5.78 Å². The summed E-state index contributed by atoms with van der Waals surface area (Å²) in [6.07, 6.45) is 0.478. The van der Waals surface area contributed by atoms with Crippen LogP contribution in [0.25, 0.3) is 11.0 Å². The molecule has 1 aromatic carbocycles. The first-order chi connectivity index (χ1) is 7.91. The predicted molar refractivity (Wildman–Crippen MR) is 69.5 cm³/mol. The highest BCUT2D eigenvalue weighted by molar-refractivity contribution is 5.97. The summed E-state index contributed by atoms with van der Waals surface area (Å²) in [6, 6.07) is 7.95. The number of carbonyl (C=O) groups is 1. The Balaban J connectivity index is 2.52. The molecule has 90 valence electrons. The normalized spacial score (nSPS) is 12.0. The molecule has 0 aliphatic heterocycles. The van der Waals surface area contributed by atoms with Crippen molar-refractivity contribution in [1.82, 2.24) is 0 Å². The fourth-order valence-electron chi connectivity index (χ4n) is 1.82. The van der Waals surface area contributed by atoms with E-state index in [1.54, 1.807) is 0 Å². The molecule has 0 amide bonds. The Morgan fingerprint density at radius 2 is 1.94 bits per heavy atom. The Labute approximate surface area is 102 Å². The molecule has 2 aromatic rings. The van der Waals surface area contributed by atoms with Gasteiger partial charge in [-0.1, -0.05) is 33.8 Å². The Morgan fingerprint density at radius 3 is 2.53 bits per heavy atom. The maximum atomic E-state index is 11.6. The van der Waals surface area contributed by atoms with E-state index >= 15 is 0 Å². The third-order valence-electron chi connectivity index (χ3n) is 2.98. The third kappa shape index (κ3) is 2.26. The molecule has 0 spiro atoms. The van der Waals surface area contributed by atoms with Gasteiger partial charge in [-0.25, -0.2) is 0 Å². The summed E-state index contributed by atoms with van der Waals surface area (Å²) in [5.41, 5.74) is 2.15. The fraction of sp³-hybridized carbons (Fsp3) is 0.400. The molecule has 0 N–H and O–H groups in total. The van der Waals surface area contributed by atoms with Crippen LogP contribution in [0.4, 0.5) is 0 Å². The summed E-state index contributed by atoms with van der Waals surface area (Å²) in [6.45, 7) is 8.36. The van der Waals surface area contributed by atoms with Crippen LogP contribution in [0.15, 0.2) is 28.7 Å². The van der Waals surface area contributed by atoms with Gasteiger partial charge in [0.2, 0.25) is 0 Å². The van der Waals surface area contributed by atoms with Crippen molar-refractivity contribution >= 4 is 16.8 Å². The van der Waals surface area contributed by atoms with Crippen LogP contribution in [-0.2, 0) is 5.41 Å². The standard InChI is InChI=1S/C15H18O2/c1-5-12(16)14-9-10-8-11(15(2,3)4)6-7-13(10)17-14/h6-9H,5H2,1-4H3. The Kier molecular flexibility index (Phi) is 2.82. The number of furan rings is 1. The monoisotopic (exact) mass is 230 g/mol. The van der Waals surface area contributed by atoms with Crippen LogP contribution in [0.5, 0.6) is 0 Å². The van der Waals surface area contributed by atoms with E-state index in [0.717, 1.165) is 11.0 Å². The van der Waals surface area contributed by atoms with E-state index < -0.39 is 0 Å². The van der Waals surface area contributed by atoms with Gasteiger partial charge < -0.3 is 4.42 Å². The highest BCUT2D eigenvalue weighted by Crippen LogP contribution is 2.28. The maximum Gasteiger partial charge on any atom is 0.197 e. The summed E-state index contributed by atoms with van der Waals surface area (Å²) in [4.78, 5) is 11.6. The quantitative estimate of drug-likeness (QED) is 0.719. The van der Waals surface area contributed by atoms with Gasteiger partial charge in [0.1, 0.15) is 5.58 Å². The SMILES string of the molecule is CCC(=O)c1cc2cc(C(C)(C)C)ccc2o1. The molecule has 1 aromatic heterocycles. The average Bonchev–Trinajstić information content (AvgIpc) is 2.69. The molecule has 0 aliphatic carbocycles. The van der Waals surface area contributed by atoms with Gasteiger partial charge in [-0.2, -0.15) is 0 Å². The van der Waals surface area contributed by atoms with Gasteiger partial charge >= 0.3 is 0 Å². The summed E-state index contributed by atoms with van der Waals surface area (Å²) in [5, 5.41) is 1.01. The van der Waals surface area contributed by atoms with E-state index in [-0.39, 0.29) is 11.2 Å². The molecular formula is C15H18O2. The lowest BCUT2D eigenvalue weighted by atomic mass is 9.86. The minimum atomic E-state index is 0.0542. The van der Waals surface area contributed by atoms with Crippen LogP contribution < -0.4 is 0 Å². The number of rotatable bonds is 2. The third-order valence-corrected chi connectivity index (χ3v) is 2.98. The lowest BCUT2D eigenvalue weighted by Gasteiger charge is -2.18. The van der Waals surface area contributed by atoms with E-state index in [1.165, 1.54) is 5.56 Å². The molecule has 0 fully saturated rings. The molecule has 1 heterocycles. The zero-order valence-corrected chi connectivity index (χ0v) is 10.8. The lowest BCUT2D eigenvalue weighted by Crippen LogP contribution is -2.10. The van der Waals surface area contributed by atoms with Crippen LogP contribution in [0.3, 0.4) is 0 Å². The second-order valence-corrected chi connectivity index (χ2v) is 5.39. The van der Waals surface area contributed by atoms with Crippen LogP contribution in [0, 0.1) is 0 Å². The van der Waals surface area contributed by atoms with Crippen molar-refractivity contribution in [3.8, 4) is 0 Å². The van der Waals surface area contributed by atoms with Crippen LogP contribution >= 0.6 is 0 Å². The molecule has 0 saturated carbocycles. The molecule has 0 atom stereocenters. The molecule has 2 rings (SSSR count). The Hall–Kier alpha value is -1.57. The largest absolute Gasteiger partial charge is 0.453 e. The van der Waals surface area contributed by atoms with E-state index in [9.17, 15) is 4.79 Å². The molecule has 0 bridgehead atoms. The second kappa shape index (κ2) is 4.02. The highest BCUT2D eigenvalue weighted by Gasteiger charge is 2.16. The number of fused-ring (bicyclic) bond motifs is 1. The zero-order valence-electron chi connectivity index (χ0n) is 10.8. The summed E-state index contributed by atoms with van der Waals surface area (Å²) >= 11 is 0. The molecule has 2 heteroatoms. The highest BCUT2D eigenvalue weighted by atomic mass is 16.3. The minimum absolute atomic E-state index is 0.0542. The number of benzene rings is 1. The summed E-state index contributed by atoms with van der Waals surface area (Å²) in [5.74, 6) is 0.520. The van der Waals surface area contributed by atoms with Gasteiger partial charge in [0.05, 0.1) is 0 Å². The number of Topliss-reactive ketones (excluding diaryl/α,β-unsaturated/α-hetero) is 1. The Morgan fingerprint density at radius 1 is 1.24 bits per heavy atom. The molecule has 17 heavy (non-hydrogen) atoms. The average molecular weight is 230 g/mol. The predicted octanol–water partition coefficient (Wildman–Crippen LogP) is 4.32. The summed E-state index contributed by atoms with van der Waals surface area (Å²) < 4.78 is 5.54. The van der Waals surface area contributed by atoms with Crippen molar-refractivity contribution in [2.75, 3.05) is 0 Å². The molecule has 0 unspecified atom stereocenters. The van der Waals surface area contributed by atoms with Crippen molar-refractivity contribution in [3.63, 3.8) is 0 Å². The first kappa shape index (κ1) is 11.9. The van der Waals surface area contributed by atoms with Gasteiger partial charge in [-0.3, -0.25) is 4.79 Å². The Bertz CT molecular complexity index is 556. The van der Waals surface area contributed by atoms with Gasteiger partial charge in [0, 0.05) is 11.8 Å². The fourth-order valence-corrected chi connectivity index (χ4v) is 1.82. The van der Waals surface area contributed by atoms with Crippen molar-refractivity contribution in [2.45, 2.75) is 39.5 Å². The smallest absolute Gasteiger partial charge is 0.197 e. The van der Waals surface area contributed by atoms with Gasteiger partial charge in [0.25, 0.3) is 0 Å². The molecular weight excluding hydrogens is 212 g/mol. The number of hydrogen-bond donors (Lipinski definition) is 0. The van der Waals surface area contributed by atoms with Crippen LogP contribution in [0.2, 0.25) is 0 Å². The first-order valence-electron chi connectivity index (χ1n) is 5.99. The van der Waals surface area contributed by atoms with E-state index in [1.807, 2.05) is 19.1 Å². The van der Waals surface area contributed by atoms with Crippen molar-refractivity contribution < 1.29 is 9.21 Å². The van der Waals surface area contributed by atoms with E-state index in [4.69, 9.17) is 4.42 Å². The van der Waals surface area contributed by atoms with Crippen LogP contribution in [0.1, 0.15) is 50.2 Å². The number of ketones is 1. The summed E-state index contributed by atoms with van der Waals surface area (Å²) in [7, 11) is 0. The molecule has 0 aliphatic rings.